The van der Waals surface area contributed by atoms with Crippen molar-refractivity contribution < 1.29 is 0 Å². The largest absolute Gasteiger partial charge is 0.377 e. The number of benzene rings is 1. The van der Waals surface area contributed by atoms with E-state index in [1.54, 1.807) is 0 Å². The van der Waals surface area contributed by atoms with Crippen LogP contribution in [0.4, 0.5) is 5.69 Å². The lowest BCUT2D eigenvalue weighted by molar-refractivity contribution is 0.688. The van der Waals surface area contributed by atoms with Crippen molar-refractivity contribution in [3.63, 3.8) is 0 Å². The highest BCUT2D eigenvalue weighted by atomic mass is 32.1. The Morgan fingerprint density at radius 3 is 2.53 bits per heavy atom. The van der Waals surface area contributed by atoms with E-state index in [4.69, 9.17) is 0 Å². The Bertz CT molecular complexity index is 526. The van der Waals surface area contributed by atoms with Crippen molar-refractivity contribution in [1.29, 1.82) is 0 Å². The fraction of sp³-hybridized carbons (Fsp3) is 0.412. The van der Waals surface area contributed by atoms with Gasteiger partial charge in [-0.25, -0.2) is 0 Å². The van der Waals surface area contributed by atoms with E-state index in [1.165, 1.54) is 29.0 Å². The Kier molecular flexibility index (Phi) is 3.61. The molecular formula is C17H21NS. The van der Waals surface area contributed by atoms with E-state index in [0.29, 0.717) is 12.0 Å². The van der Waals surface area contributed by atoms with E-state index < -0.39 is 0 Å². The van der Waals surface area contributed by atoms with Gasteiger partial charge in [-0.1, -0.05) is 38.1 Å². The molecule has 100 valence electrons. The summed E-state index contributed by atoms with van der Waals surface area (Å²) in [5, 5.41) is 5.98. The summed E-state index contributed by atoms with van der Waals surface area (Å²) in [6.45, 7) is 4.52. The molecule has 19 heavy (non-hydrogen) atoms. The lowest BCUT2D eigenvalue weighted by Gasteiger charge is -2.22. The zero-order valence-electron chi connectivity index (χ0n) is 11.6. The highest BCUT2D eigenvalue weighted by Gasteiger charge is 2.33. The van der Waals surface area contributed by atoms with Gasteiger partial charge in [-0.05, 0) is 47.8 Å². The predicted octanol–water partition coefficient (Wildman–Crippen LogP) is 5.43. The first-order valence-corrected chi connectivity index (χ1v) is 8.02. The maximum Gasteiger partial charge on any atom is 0.0634 e. The van der Waals surface area contributed by atoms with Crippen LogP contribution >= 0.6 is 11.3 Å². The summed E-state index contributed by atoms with van der Waals surface area (Å²) in [4.78, 5) is 1.47. The molecular weight excluding hydrogens is 250 g/mol. The molecule has 1 heterocycles. The maximum atomic E-state index is 3.80. The van der Waals surface area contributed by atoms with Crippen molar-refractivity contribution in [1.82, 2.24) is 0 Å². The van der Waals surface area contributed by atoms with Crippen LogP contribution < -0.4 is 5.32 Å². The van der Waals surface area contributed by atoms with Crippen molar-refractivity contribution in [3.8, 4) is 0 Å². The smallest absolute Gasteiger partial charge is 0.0634 e. The number of anilines is 1. The van der Waals surface area contributed by atoms with E-state index in [2.05, 4.69) is 60.9 Å². The van der Waals surface area contributed by atoms with Crippen LogP contribution in [-0.2, 0) is 0 Å². The van der Waals surface area contributed by atoms with Crippen molar-refractivity contribution in [2.75, 3.05) is 5.32 Å². The van der Waals surface area contributed by atoms with Gasteiger partial charge < -0.3 is 5.32 Å². The van der Waals surface area contributed by atoms with Gasteiger partial charge in [-0.2, -0.15) is 0 Å². The molecule has 2 aromatic rings. The third-order valence-electron chi connectivity index (χ3n) is 3.84. The van der Waals surface area contributed by atoms with Gasteiger partial charge in [0.05, 0.1) is 6.04 Å². The molecule has 1 aliphatic rings. The van der Waals surface area contributed by atoms with Gasteiger partial charge >= 0.3 is 0 Å². The molecule has 1 fully saturated rings. The van der Waals surface area contributed by atoms with Crippen LogP contribution in [0.25, 0.3) is 0 Å². The monoisotopic (exact) mass is 271 g/mol. The second-order valence-corrected chi connectivity index (χ2v) is 6.70. The average Bonchev–Trinajstić information content (AvgIpc) is 3.11. The molecule has 1 N–H and O–H groups in total. The zero-order chi connectivity index (χ0) is 13.2. The molecule has 1 aromatic heterocycles. The maximum absolute atomic E-state index is 3.80. The third-order valence-corrected chi connectivity index (χ3v) is 4.79. The van der Waals surface area contributed by atoms with E-state index >= 15 is 0 Å². The fourth-order valence-electron chi connectivity index (χ4n) is 2.62. The second kappa shape index (κ2) is 5.38. The van der Waals surface area contributed by atoms with Crippen LogP contribution in [0.15, 0.2) is 41.8 Å². The first-order chi connectivity index (χ1) is 9.25. The van der Waals surface area contributed by atoms with Crippen LogP contribution in [0, 0.1) is 5.92 Å². The number of thiophene rings is 1. The molecule has 0 amide bonds. The molecule has 1 nitrogen and oxygen atoms in total. The predicted molar refractivity (Wildman–Crippen MR) is 83.9 cm³/mol. The van der Waals surface area contributed by atoms with Crippen molar-refractivity contribution in [2.45, 2.75) is 38.6 Å². The molecule has 0 bridgehead atoms. The zero-order valence-corrected chi connectivity index (χ0v) is 12.4. The number of rotatable bonds is 5. The van der Waals surface area contributed by atoms with E-state index in [1.807, 2.05) is 11.3 Å². The lowest BCUT2D eigenvalue weighted by Crippen LogP contribution is -2.13. The Morgan fingerprint density at radius 1 is 1.11 bits per heavy atom. The molecule has 0 spiro atoms. The summed E-state index contributed by atoms with van der Waals surface area (Å²) >= 11 is 1.87. The minimum atomic E-state index is 0.500. The summed E-state index contributed by atoms with van der Waals surface area (Å²) in [6, 6.07) is 13.7. The highest BCUT2D eigenvalue weighted by molar-refractivity contribution is 7.10. The molecule has 1 atom stereocenters. The summed E-state index contributed by atoms with van der Waals surface area (Å²) in [7, 11) is 0. The van der Waals surface area contributed by atoms with Gasteiger partial charge in [0.1, 0.15) is 0 Å². The summed E-state index contributed by atoms with van der Waals surface area (Å²) in [6.07, 6.45) is 2.72. The van der Waals surface area contributed by atoms with Crippen LogP contribution in [0.5, 0.6) is 0 Å². The molecule has 3 rings (SSSR count). The molecule has 0 aliphatic heterocycles. The normalized spacial score (nSPS) is 16.6. The minimum Gasteiger partial charge on any atom is -0.377 e. The van der Waals surface area contributed by atoms with Gasteiger partial charge in [-0.3, -0.25) is 0 Å². The summed E-state index contributed by atoms with van der Waals surface area (Å²) in [5.74, 6) is 1.38. The molecule has 1 aromatic carbocycles. The van der Waals surface area contributed by atoms with Crippen molar-refractivity contribution in [3.05, 3.63) is 52.2 Å². The standard InChI is InChI=1S/C17H21NS/c1-12(2)14-6-3-4-7-15(14)18-17(13-9-10-13)16-8-5-11-19-16/h3-8,11-13,17-18H,9-10H2,1-2H3. The Morgan fingerprint density at radius 2 is 1.89 bits per heavy atom. The van der Waals surface area contributed by atoms with E-state index in [9.17, 15) is 0 Å². The quantitative estimate of drug-likeness (QED) is 0.764. The molecule has 2 heteroatoms. The van der Waals surface area contributed by atoms with Crippen LogP contribution in [0.1, 0.15) is 49.1 Å². The molecule has 1 unspecified atom stereocenters. The number of nitrogens with one attached hydrogen (secondary N) is 1. The van der Waals surface area contributed by atoms with E-state index in [-0.39, 0.29) is 0 Å². The highest BCUT2D eigenvalue weighted by Crippen LogP contribution is 2.44. The Balaban J connectivity index is 1.86. The van der Waals surface area contributed by atoms with Crippen LogP contribution in [0.2, 0.25) is 0 Å². The van der Waals surface area contributed by atoms with Gasteiger partial charge in [-0.15, -0.1) is 11.3 Å². The number of hydrogen-bond acceptors (Lipinski definition) is 2. The minimum absolute atomic E-state index is 0.500. The Labute approximate surface area is 119 Å². The van der Waals surface area contributed by atoms with Gasteiger partial charge in [0, 0.05) is 10.6 Å². The third kappa shape index (κ3) is 2.84. The number of para-hydroxylation sites is 1. The molecule has 1 aliphatic carbocycles. The first-order valence-electron chi connectivity index (χ1n) is 7.14. The van der Waals surface area contributed by atoms with E-state index in [0.717, 1.165) is 5.92 Å². The fourth-order valence-corrected chi connectivity index (χ4v) is 3.49. The number of hydrogen-bond donors (Lipinski definition) is 1. The Hall–Kier alpha value is -1.28. The summed E-state index contributed by atoms with van der Waals surface area (Å²) < 4.78 is 0. The van der Waals surface area contributed by atoms with Crippen LogP contribution in [-0.4, -0.2) is 0 Å². The second-order valence-electron chi connectivity index (χ2n) is 5.72. The topological polar surface area (TPSA) is 12.0 Å². The molecule has 1 saturated carbocycles. The molecule has 0 saturated heterocycles. The van der Waals surface area contributed by atoms with Gasteiger partial charge in [0.15, 0.2) is 0 Å². The van der Waals surface area contributed by atoms with Gasteiger partial charge in [0.25, 0.3) is 0 Å². The van der Waals surface area contributed by atoms with Crippen LogP contribution in [0.3, 0.4) is 0 Å². The van der Waals surface area contributed by atoms with Gasteiger partial charge in [0.2, 0.25) is 0 Å². The first kappa shape index (κ1) is 12.7. The molecule has 0 radical (unpaired) electrons. The average molecular weight is 271 g/mol. The lowest BCUT2D eigenvalue weighted by atomic mass is 10.00. The SMILES string of the molecule is CC(C)c1ccccc1NC(c1cccs1)C1CC1. The van der Waals surface area contributed by atoms with Crippen molar-refractivity contribution in [2.24, 2.45) is 5.92 Å². The summed E-state index contributed by atoms with van der Waals surface area (Å²) in [5.41, 5.74) is 2.73. The van der Waals surface area contributed by atoms with Crippen molar-refractivity contribution >= 4 is 17.0 Å².